The number of halogens is 1. The number of carbonyl (C=O) groups excluding carboxylic acids is 1. The zero-order valence-corrected chi connectivity index (χ0v) is 10.1. The summed E-state index contributed by atoms with van der Waals surface area (Å²) in [5, 5.41) is 0.686. The average Bonchev–Trinajstić information content (AvgIpc) is 2.81. The van der Waals surface area contributed by atoms with Crippen molar-refractivity contribution in [3.8, 4) is 0 Å². The Morgan fingerprint density at radius 3 is 2.38 bits per heavy atom. The van der Waals surface area contributed by atoms with E-state index in [9.17, 15) is 4.79 Å². The molecule has 0 N–H and O–H groups in total. The monoisotopic (exact) mass is 238 g/mol. The summed E-state index contributed by atoms with van der Waals surface area (Å²) >= 11 is 5.81. The molecule has 1 aromatic carbocycles. The molecule has 0 radical (unpaired) electrons. The van der Waals surface area contributed by atoms with Crippen LogP contribution in [0.15, 0.2) is 24.3 Å². The standard InChI is InChI=1S/C12H15ClN2O/c1-14(11-6-4-10(13)5-7-11)12(16)15-8-2-3-9-15/h4-7H,2-3,8-9H2,1H3. The molecule has 0 aliphatic carbocycles. The molecule has 0 atom stereocenters. The van der Waals surface area contributed by atoms with E-state index < -0.39 is 0 Å². The third kappa shape index (κ3) is 2.30. The number of likely N-dealkylation sites (tertiary alicyclic amines) is 1. The van der Waals surface area contributed by atoms with E-state index >= 15 is 0 Å². The summed E-state index contributed by atoms with van der Waals surface area (Å²) in [5.41, 5.74) is 0.876. The van der Waals surface area contributed by atoms with Crippen LogP contribution in [0.3, 0.4) is 0 Å². The van der Waals surface area contributed by atoms with E-state index in [1.807, 2.05) is 17.0 Å². The Morgan fingerprint density at radius 1 is 1.25 bits per heavy atom. The fourth-order valence-electron chi connectivity index (χ4n) is 1.90. The van der Waals surface area contributed by atoms with Gasteiger partial charge in [0.1, 0.15) is 0 Å². The van der Waals surface area contributed by atoms with E-state index in [1.54, 1.807) is 24.1 Å². The second kappa shape index (κ2) is 4.74. The van der Waals surface area contributed by atoms with Crippen molar-refractivity contribution in [2.45, 2.75) is 12.8 Å². The van der Waals surface area contributed by atoms with Gasteiger partial charge in [-0.15, -0.1) is 0 Å². The fraction of sp³-hybridized carbons (Fsp3) is 0.417. The summed E-state index contributed by atoms with van der Waals surface area (Å²) in [4.78, 5) is 15.6. The van der Waals surface area contributed by atoms with Gasteiger partial charge in [0.2, 0.25) is 0 Å². The minimum Gasteiger partial charge on any atom is -0.324 e. The quantitative estimate of drug-likeness (QED) is 0.738. The minimum atomic E-state index is 0.0693. The van der Waals surface area contributed by atoms with Crippen LogP contribution < -0.4 is 4.90 Å². The first kappa shape index (κ1) is 11.3. The molecular formula is C12H15ClN2O. The molecule has 86 valence electrons. The number of nitrogens with zero attached hydrogens (tertiary/aromatic N) is 2. The molecule has 0 unspecified atom stereocenters. The zero-order valence-electron chi connectivity index (χ0n) is 9.32. The predicted molar refractivity (Wildman–Crippen MR) is 66.1 cm³/mol. The Kier molecular flexibility index (Phi) is 3.34. The number of amides is 2. The van der Waals surface area contributed by atoms with Gasteiger partial charge in [-0.25, -0.2) is 4.79 Å². The first-order valence-corrected chi connectivity index (χ1v) is 5.84. The lowest BCUT2D eigenvalue weighted by atomic mass is 10.3. The third-order valence-corrected chi connectivity index (χ3v) is 3.13. The fourth-order valence-corrected chi connectivity index (χ4v) is 2.02. The molecule has 1 saturated heterocycles. The number of urea groups is 1. The molecule has 1 aromatic rings. The van der Waals surface area contributed by atoms with Gasteiger partial charge in [0, 0.05) is 30.8 Å². The van der Waals surface area contributed by atoms with Crippen LogP contribution in [-0.4, -0.2) is 31.1 Å². The van der Waals surface area contributed by atoms with Gasteiger partial charge in [0.25, 0.3) is 0 Å². The van der Waals surface area contributed by atoms with Gasteiger partial charge < -0.3 is 4.90 Å². The van der Waals surface area contributed by atoms with Crippen LogP contribution in [0.5, 0.6) is 0 Å². The van der Waals surface area contributed by atoms with Crippen molar-refractivity contribution in [2.24, 2.45) is 0 Å². The van der Waals surface area contributed by atoms with Crippen molar-refractivity contribution in [3.63, 3.8) is 0 Å². The number of benzene rings is 1. The van der Waals surface area contributed by atoms with Crippen LogP contribution in [-0.2, 0) is 0 Å². The molecule has 1 heterocycles. The van der Waals surface area contributed by atoms with Crippen molar-refractivity contribution >= 4 is 23.3 Å². The van der Waals surface area contributed by atoms with Crippen LogP contribution >= 0.6 is 11.6 Å². The Bertz CT molecular complexity index is 371. The van der Waals surface area contributed by atoms with Gasteiger partial charge >= 0.3 is 6.03 Å². The summed E-state index contributed by atoms with van der Waals surface area (Å²) in [6.07, 6.45) is 2.22. The SMILES string of the molecule is CN(C(=O)N1CCCC1)c1ccc(Cl)cc1. The molecule has 16 heavy (non-hydrogen) atoms. The van der Waals surface area contributed by atoms with Gasteiger partial charge in [-0.3, -0.25) is 4.90 Å². The Balaban J connectivity index is 2.08. The molecule has 0 aromatic heterocycles. The second-order valence-corrected chi connectivity index (χ2v) is 4.45. The number of rotatable bonds is 1. The van der Waals surface area contributed by atoms with Crippen LogP contribution in [0, 0.1) is 0 Å². The van der Waals surface area contributed by atoms with Crippen LogP contribution in [0.25, 0.3) is 0 Å². The lowest BCUT2D eigenvalue weighted by molar-refractivity contribution is 0.217. The number of hydrogen-bond donors (Lipinski definition) is 0. The van der Waals surface area contributed by atoms with E-state index in [2.05, 4.69) is 0 Å². The molecular weight excluding hydrogens is 224 g/mol. The summed E-state index contributed by atoms with van der Waals surface area (Å²) < 4.78 is 0. The Labute approximate surface area is 101 Å². The zero-order chi connectivity index (χ0) is 11.5. The minimum absolute atomic E-state index is 0.0693. The Hall–Kier alpha value is -1.22. The Morgan fingerprint density at radius 2 is 1.81 bits per heavy atom. The lowest BCUT2D eigenvalue weighted by Crippen LogP contribution is -2.39. The van der Waals surface area contributed by atoms with E-state index in [0.717, 1.165) is 31.6 Å². The smallest absolute Gasteiger partial charge is 0.324 e. The molecule has 0 bridgehead atoms. The van der Waals surface area contributed by atoms with Gasteiger partial charge in [-0.1, -0.05) is 11.6 Å². The van der Waals surface area contributed by atoms with Gasteiger partial charge in [0.15, 0.2) is 0 Å². The van der Waals surface area contributed by atoms with E-state index in [1.165, 1.54) is 0 Å². The van der Waals surface area contributed by atoms with Crippen molar-refractivity contribution in [1.82, 2.24) is 4.90 Å². The maximum atomic E-state index is 12.0. The van der Waals surface area contributed by atoms with E-state index in [-0.39, 0.29) is 6.03 Å². The van der Waals surface area contributed by atoms with Crippen LogP contribution in [0.1, 0.15) is 12.8 Å². The highest BCUT2D eigenvalue weighted by Gasteiger charge is 2.21. The van der Waals surface area contributed by atoms with Crippen molar-refractivity contribution in [1.29, 1.82) is 0 Å². The molecule has 1 fully saturated rings. The van der Waals surface area contributed by atoms with E-state index in [4.69, 9.17) is 11.6 Å². The molecule has 1 aliphatic heterocycles. The van der Waals surface area contributed by atoms with Crippen molar-refractivity contribution in [2.75, 3.05) is 25.0 Å². The summed E-state index contributed by atoms with van der Waals surface area (Å²) in [6, 6.07) is 7.38. The van der Waals surface area contributed by atoms with Gasteiger partial charge in [-0.05, 0) is 37.1 Å². The van der Waals surface area contributed by atoms with Crippen LogP contribution in [0.4, 0.5) is 10.5 Å². The van der Waals surface area contributed by atoms with Crippen molar-refractivity contribution in [3.05, 3.63) is 29.3 Å². The molecule has 0 saturated carbocycles. The predicted octanol–water partition coefficient (Wildman–Crippen LogP) is 2.99. The van der Waals surface area contributed by atoms with E-state index in [0.29, 0.717) is 5.02 Å². The highest BCUT2D eigenvalue weighted by Crippen LogP contribution is 2.19. The first-order chi connectivity index (χ1) is 7.68. The molecule has 0 spiro atoms. The summed E-state index contributed by atoms with van der Waals surface area (Å²) in [6.45, 7) is 1.74. The average molecular weight is 239 g/mol. The number of carbonyl (C=O) groups is 1. The summed E-state index contributed by atoms with van der Waals surface area (Å²) in [7, 11) is 1.80. The number of anilines is 1. The number of hydrogen-bond acceptors (Lipinski definition) is 1. The van der Waals surface area contributed by atoms with Gasteiger partial charge in [-0.2, -0.15) is 0 Å². The topological polar surface area (TPSA) is 23.6 Å². The maximum Gasteiger partial charge on any atom is 0.324 e. The van der Waals surface area contributed by atoms with Gasteiger partial charge in [0.05, 0.1) is 0 Å². The molecule has 1 aliphatic rings. The molecule has 3 nitrogen and oxygen atoms in total. The largest absolute Gasteiger partial charge is 0.324 e. The molecule has 2 amide bonds. The highest BCUT2D eigenvalue weighted by atomic mass is 35.5. The molecule has 4 heteroatoms. The van der Waals surface area contributed by atoms with Crippen LogP contribution in [0.2, 0.25) is 5.02 Å². The highest BCUT2D eigenvalue weighted by molar-refractivity contribution is 6.30. The second-order valence-electron chi connectivity index (χ2n) is 4.01. The molecule has 2 rings (SSSR count). The summed E-state index contributed by atoms with van der Waals surface area (Å²) in [5.74, 6) is 0. The normalized spacial score (nSPS) is 15.2. The first-order valence-electron chi connectivity index (χ1n) is 5.46. The lowest BCUT2D eigenvalue weighted by Gasteiger charge is -2.24. The van der Waals surface area contributed by atoms with Crippen molar-refractivity contribution < 1.29 is 4.79 Å². The third-order valence-electron chi connectivity index (χ3n) is 2.88. The maximum absolute atomic E-state index is 12.0.